The van der Waals surface area contributed by atoms with Crippen LogP contribution in [-0.4, -0.2) is 53.7 Å². The lowest BCUT2D eigenvalue weighted by molar-refractivity contribution is -0.137. The monoisotopic (exact) mass is 283 g/mol. The summed E-state index contributed by atoms with van der Waals surface area (Å²) in [5, 5.41) is 14.7. The maximum absolute atomic E-state index is 12.0. The van der Waals surface area contributed by atoms with E-state index in [2.05, 4.69) is 15.5 Å². The molecule has 6 nitrogen and oxygen atoms in total. The van der Waals surface area contributed by atoms with Crippen LogP contribution in [0.15, 0.2) is 0 Å². The Bertz CT molecular complexity index is 354. The van der Waals surface area contributed by atoms with E-state index in [0.29, 0.717) is 12.3 Å². The number of rotatable bonds is 6. The Labute approximate surface area is 119 Å². The van der Waals surface area contributed by atoms with Gasteiger partial charge in [0.15, 0.2) is 0 Å². The van der Waals surface area contributed by atoms with Crippen LogP contribution in [0.4, 0.5) is 4.79 Å². The van der Waals surface area contributed by atoms with Gasteiger partial charge in [0, 0.05) is 18.6 Å². The fraction of sp³-hybridized carbons (Fsp3) is 0.857. The zero-order chi connectivity index (χ0) is 14.5. The zero-order valence-electron chi connectivity index (χ0n) is 12.1. The molecule has 6 heteroatoms. The number of urea groups is 1. The highest BCUT2D eigenvalue weighted by Gasteiger charge is 2.35. The van der Waals surface area contributed by atoms with Gasteiger partial charge in [0.2, 0.25) is 0 Å². The van der Waals surface area contributed by atoms with Gasteiger partial charge in [0.05, 0.1) is 6.42 Å². The third kappa shape index (κ3) is 4.10. The molecule has 2 unspecified atom stereocenters. The van der Waals surface area contributed by atoms with Gasteiger partial charge in [-0.1, -0.05) is 13.3 Å². The molecule has 3 N–H and O–H groups in total. The van der Waals surface area contributed by atoms with E-state index in [-0.39, 0.29) is 24.5 Å². The highest BCUT2D eigenvalue weighted by Crippen LogP contribution is 2.27. The Balaban J connectivity index is 1.80. The molecule has 0 aromatic rings. The molecule has 0 aromatic heterocycles. The van der Waals surface area contributed by atoms with E-state index >= 15 is 0 Å². The summed E-state index contributed by atoms with van der Waals surface area (Å²) in [6.45, 7) is 5.20. The van der Waals surface area contributed by atoms with Crippen LogP contribution in [0.1, 0.15) is 39.0 Å². The van der Waals surface area contributed by atoms with E-state index in [1.807, 2.05) is 6.92 Å². The van der Waals surface area contributed by atoms with Crippen LogP contribution in [0.5, 0.6) is 0 Å². The molecule has 114 valence electrons. The zero-order valence-corrected chi connectivity index (χ0v) is 12.1. The summed E-state index contributed by atoms with van der Waals surface area (Å²) < 4.78 is 0. The molecule has 3 rings (SSSR count). The predicted molar refractivity (Wildman–Crippen MR) is 75.6 cm³/mol. The first-order chi connectivity index (χ1) is 9.58. The Hall–Kier alpha value is -1.30. The summed E-state index contributed by atoms with van der Waals surface area (Å²) in [5.74, 6) is -0.290. The van der Waals surface area contributed by atoms with Crippen molar-refractivity contribution in [2.45, 2.75) is 51.1 Å². The molecular formula is C14H25N3O3. The maximum Gasteiger partial charge on any atom is 0.315 e. The molecule has 0 spiro atoms. The van der Waals surface area contributed by atoms with Gasteiger partial charge < -0.3 is 20.6 Å². The lowest BCUT2D eigenvalue weighted by Crippen LogP contribution is -2.59. The van der Waals surface area contributed by atoms with Crippen molar-refractivity contribution >= 4 is 12.0 Å². The van der Waals surface area contributed by atoms with Crippen LogP contribution >= 0.6 is 0 Å². The number of amides is 2. The topological polar surface area (TPSA) is 81.7 Å². The van der Waals surface area contributed by atoms with Gasteiger partial charge in [0.25, 0.3) is 0 Å². The van der Waals surface area contributed by atoms with E-state index in [0.717, 1.165) is 38.9 Å². The Morgan fingerprint density at radius 2 is 2.05 bits per heavy atom. The molecular weight excluding hydrogens is 258 g/mol. The van der Waals surface area contributed by atoms with Crippen molar-refractivity contribution in [1.82, 2.24) is 15.5 Å². The van der Waals surface area contributed by atoms with Gasteiger partial charge in [-0.25, -0.2) is 4.79 Å². The second kappa shape index (κ2) is 6.92. The van der Waals surface area contributed by atoms with Crippen LogP contribution in [0, 0.1) is 5.92 Å². The van der Waals surface area contributed by atoms with Crippen molar-refractivity contribution in [3.05, 3.63) is 0 Å². The molecule has 3 fully saturated rings. The summed E-state index contributed by atoms with van der Waals surface area (Å²) >= 11 is 0. The average molecular weight is 283 g/mol. The van der Waals surface area contributed by atoms with Gasteiger partial charge in [-0.15, -0.1) is 0 Å². The first-order valence-corrected chi connectivity index (χ1v) is 7.59. The first kappa shape index (κ1) is 15.1. The van der Waals surface area contributed by atoms with Gasteiger partial charge in [0.1, 0.15) is 0 Å². The second-order valence-electron chi connectivity index (χ2n) is 5.95. The van der Waals surface area contributed by atoms with Gasteiger partial charge in [-0.2, -0.15) is 0 Å². The van der Waals surface area contributed by atoms with Gasteiger partial charge >= 0.3 is 12.0 Å². The lowest BCUT2D eigenvalue weighted by Gasteiger charge is -2.44. The summed E-state index contributed by atoms with van der Waals surface area (Å²) in [6.07, 6.45) is 3.84. The van der Waals surface area contributed by atoms with E-state index < -0.39 is 5.97 Å². The highest BCUT2D eigenvalue weighted by atomic mass is 16.4. The minimum atomic E-state index is -0.869. The molecule has 20 heavy (non-hydrogen) atoms. The van der Waals surface area contributed by atoms with Crippen molar-refractivity contribution in [3.63, 3.8) is 0 Å². The second-order valence-corrected chi connectivity index (χ2v) is 5.95. The number of fused-ring (bicyclic) bond motifs is 3. The number of carboxylic acids is 1. The number of carbonyl (C=O) groups excluding carboxylic acids is 1. The van der Waals surface area contributed by atoms with Gasteiger partial charge in [-0.3, -0.25) is 4.79 Å². The third-order valence-electron chi connectivity index (χ3n) is 4.37. The lowest BCUT2D eigenvalue weighted by atomic mass is 9.84. The largest absolute Gasteiger partial charge is 0.481 e. The number of hydrogen-bond donors (Lipinski definition) is 3. The van der Waals surface area contributed by atoms with Crippen molar-refractivity contribution in [1.29, 1.82) is 0 Å². The first-order valence-electron chi connectivity index (χ1n) is 7.59. The van der Waals surface area contributed by atoms with E-state index in [4.69, 9.17) is 5.11 Å². The smallest absolute Gasteiger partial charge is 0.315 e. The van der Waals surface area contributed by atoms with Crippen LogP contribution in [0.3, 0.4) is 0 Å². The average Bonchev–Trinajstić information content (AvgIpc) is 2.39. The number of carbonyl (C=O) groups is 2. The normalized spacial score (nSPS) is 29.8. The van der Waals surface area contributed by atoms with E-state index in [1.54, 1.807) is 0 Å². The molecule has 0 saturated carbocycles. The molecule has 3 saturated heterocycles. The molecule has 2 atom stereocenters. The van der Waals surface area contributed by atoms with Crippen LogP contribution in [0.25, 0.3) is 0 Å². The van der Waals surface area contributed by atoms with E-state index in [9.17, 15) is 9.59 Å². The molecule has 2 amide bonds. The molecule has 0 aliphatic carbocycles. The predicted octanol–water partition coefficient (Wildman–Crippen LogP) is 1.02. The number of carboxylic acid groups (broad SMARTS) is 1. The number of aliphatic carboxylic acids is 1. The molecule has 0 aromatic carbocycles. The summed E-state index contributed by atoms with van der Waals surface area (Å²) in [4.78, 5) is 25.2. The minimum Gasteiger partial charge on any atom is -0.481 e. The van der Waals surface area contributed by atoms with Crippen molar-refractivity contribution in [2.75, 3.05) is 19.6 Å². The quantitative estimate of drug-likeness (QED) is 0.680. The highest BCUT2D eigenvalue weighted by molar-refractivity contribution is 5.76. The maximum atomic E-state index is 12.0. The van der Waals surface area contributed by atoms with Crippen molar-refractivity contribution < 1.29 is 14.7 Å². The summed E-state index contributed by atoms with van der Waals surface area (Å²) in [5.41, 5.74) is 0. The standard InChI is InChI=1S/C14H25N3O3/c1-2-3-11(8-13(18)19)15-14(20)16-12-9-17-6-4-10(12)5-7-17/h10-12H,2-9H2,1H3,(H,18,19)(H2,15,16,20). The molecule has 3 aliphatic heterocycles. The summed E-state index contributed by atoms with van der Waals surface area (Å²) in [7, 11) is 0. The van der Waals surface area contributed by atoms with Crippen LogP contribution < -0.4 is 10.6 Å². The fourth-order valence-corrected chi connectivity index (χ4v) is 3.31. The molecule has 3 aliphatic rings. The van der Waals surface area contributed by atoms with Gasteiger partial charge in [-0.05, 0) is 38.3 Å². The van der Waals surface area contributed by atoms with Crippen molar-refractivity contribution in [3.8, 4) is 0 Å². The fourth-order valence-electron chi connectivity index (χ4n) is 3.31. The SMILES string of the molecule is CCCC(CC(=O)O)NC(=O)NC1CN2CCC1CC2. The number of nitrogens with zero attached hydrogens (tertiary/aromatic N) is 1. The Morgan fingerprint density at radius 3 is 2.55 bits per heavy atom. The van der Waals surface area contributed by atoms with Crippen LogP contribution in [0.2, 0.25) is 0 Å². The summed E-state index contributed by atoms with van der Waals surface area (Å²) in [6, 6.07) is -0.286. The minimum absolute atomic E-state index is 0.0124. The molecule has 0 radical (unpaired) electrons. The van der Waals surface area contributed by atoms with Crippen molar-refractivity contribution in [2.24, 2.45) is 5.92 Å². The molecule has 2 bridgehead atoms. The number of piperidine rings is 3. The Morgan fingerprint density at radius 1 is 1.35 bits per heavy atom. The van der Waals surface area contributed by atoms with Crippen LogP contribution in [-0.2, 0) is 4.79 Å². The van der Waals surface area contributed by atoms with E-state index in [1.165, 1.54) is 0 Å². The Kier molecular flexibility index (Phi) is 5.23. The third-order valence-corrected chi connectivity index (χ3v) is 4.37. The number of hydrogen-bond acceptors (Lipinski definition) is 3. The molecule has 3 heterocycles. The number of nitrogens with one attached hydrogen (secondary N) is 2.